The molecule has 94 valence electrons. The second-order valence-corrected chi connectivity index (χ2v) is 3.58. The van der Waals surface area contributed by atoms with Crippen LogP contribution < -0.4 is 10.6 Å². The molecule has 1 amide bonds. The average Bonchev–Trinajstić information content (AvgIpc) is 2.37. The summed E-state index contributed by atoms with van der Waals surface area (Å²) in [5.74, 6) is -0.234. The van der Waals surface area contributed by atoms with E-state index in [1.165, 1.54) is 25.2 Å². The van der Waals surface area contributed by atoms with Crippen molar-refractivity contribution in [2.75, 3.05) is 12.4 Å². The first-order valence-electron chi connectivity index (χ1n) is 5.16. The van der Waals surface area contributed by atoms with Gasteiger partial charge in [0.05, 0.1) is 4.92 Å². The third-order valence-electron chi connectivity index (χ3n) is 2.34. The summed E-state index contributed by atoms with van der Waals surface area (Å²) < 4.78 is 0. The first-order valence-corrected chi connectivity index (χ1v) is 5.16. The zero-order chi connectivity index (χ0) is 13.7. The summed E-state index contributed by atoms with van der Waals surface area (Å²) in [7, 11) is 1.50. The van der Waals surface area contributed by atoms with E-state index in [-0.39, 0.29) is 17.2 Å². The zero-order valence-electron chi connectivity index (χ0n) is 9.93. The molecular weight excluding hydrogens is 236 g/mol. The van der Waals surface area contributed by atoms with Gasteiger partial charge < -0.3 is 10.6 Å². The predicted octanol–water partition coefficient (Wildman–Crippen LogP) is 1.01. The Morgan fingerprint density at radius 3 is 2.72 bits per heavy atom. The number of hydrogen-bond acceptors (Lipinski definition) is 5. The quantitative estimate of drug-likeness (QED) is 0.610. The van der Waals surface area contributed by atoms with E-state index in [1.807, 2.05) is 0 Å². The number of nitro groups is 1. The second-order valence-electron chi connectivity index (χ2n) is 3.58. The minimum Gasteiger partial charge on any atom is -0.374 e. The Balaban J connectivity index is 2.99. The van der Waals surface area contributed by atoms with Crippen LogP contribution in [-0.4, -0.2) is 23.9 Å². The molecule has 0 aliphatic heterocycles. The fourth-order valence-corrected chi connectivity index (χ4v) is 1.40. The molecule has 0 fully saturated rings. The minimum atomic E-state index is -0.631. The van der Waals surface area contributed by atoms with Crippen LogP contribution in [0.5, 0.6) is 0 Å². The van der Waals surface area contributed by atoms with Gasteiger partial charge >= 0.3 is 0 Å². The number of nitro benzene ring substituents is 1. The maximum atomic E-state index is 11.3. The molecule has 0 aliphatic rings. The summed E-state index contributed by atoms with van der Waals surface area (Å²) in [4.78, 5) is 21.4. The van der Waals surface area contributed by atoms with Gasteiger partial charge in [-0.05, 0) is 19.1 Å². The number of anilines is 1. The Kier molecular flexibility index (Phi) is 4.21. The Labute approximate surface area is 104 Å². The van der Waals surface area contributed by atoms with Crippen molar-refractivity contribution in [3.63, 3.8) is 0 Å². The smallest absolute Gasteiger partial charge is 0.289 e. The fourth-order valence-electron chi connectivity index (χ4n) is 1.40. The van der Waals surface area contributed by atoms with Gasteiger partial charge in [0, 0.05) is 18.8 Å². The van der Waals surface area contributed by atoms with E-state index < -0.39 is 11.0 Å². The van der Waals surface area contributed by atoms with Crippen molar-refractivity contribution in [2.24, 2.45) is 0 Å². The number of amides is 1. The SMILES string of the molecule is CNC(=O)C(C)Nc1ccc(C#N)c([N+](=O)[O-])c1. The van der Waals surface area contributed by atoms with Crippen LogP contribution in [0.25, 0.3) is 0 Å². The molecule has 0 bridgehead atoms. The van der Waals surface area contributed by atoms with Crippen molar-refractivity contribution in [1.82, 2.24) is 5.32 Å². The molecule has 0 saturated carbocycles. The van der Waals surface area contributed by atoms with Gasteiger partial charge in [0.25, 0.3) is 5.69 Å². The van der Waals surface area contributed by atoms with Gasteiger partial charge in [-0.3, -0.25) is 14.9 Å². The van der Waals surface area contributed by atoms with Crippen LogP contribution in [0, 0.1) is 21.4 Å². The summed E-state index contributed by atoms with van der Waals surface area (Å²) in [5, 5.41) is 24.8. The molecule has 1 rings (SSSR count). The summed E-state index contributed by atoms with van der Waals surface area (Å²) in [6, 6.07) is 5.31. The number of carbonyl (C=O) groups is 1. The molecule has 7 nitrogen and oxygen atoms in total. The van der Waals surface area contributed by atoms with Crippen LogP contribution in [-0.2, 0) is 4.79 Å². The Bertz CT molecular complexity index is 522. The number of nitrogens with zero attached hydrogens (tertiary/aromatic N) is 2. The number of hydrogen-bond donors (Lipinski definition) is 2. The number of likely N-dealkylation sites (N-methyl/N-ethyl adjacent to an activating group) is 1. The highest BCUT2D eigenvalue weighted by atomic mass is 16.6. The molecule has 1 aromatic carbocycles. The molecule has 0 spiro atoms. The molecule has 2 N–H and O–H groups in total. The van der Waals surface area contributed by atoms with Crippen LogP contribution >= 0.6 is 0 Å². The van der Waals surface area contributed by atoms with Crippen LogP contribution in [0.15, 0.2) is 18.2 Å². The van der Waals surface area contributed by atoms with E-state index in [0.29, 0.717) is 5.69 Å². The first-order chi connectivity index (χ1) is 8.49. The Morgan fingerprint density at radius 1 is 1.56 bits per heavy atom. The summed E-state index contributed by atoms with van der Waals surface area (Å²) in [6.07, 6.45) is 0. The van der Waals surface area contributed by atoms with Crippen LogP contribution in [0.2, 0.25) is 0 Å². The molecule has 0 aliphatic carbocycles. The second kappa shape index (κ2) is 5.63. The summed E-state index contributed by atoms with van der Waals surface area (Å²) in [5.41, 5.74) is 0.113. The fraction of sp³-hybridized carbons (Fsp3) is 0.273. The van der Waals surface area contributed by atoms with Crippen molar-refractivity contribution < 1.29 is 9.72 Å². The van der Waals surface area contributed by atoms with E-state index >= 15 is 0 Å². The number of rotatable bonds is 4. The standard InChI is InChI=1S/C11H12N4O3/c1-7(11(16)13-2)14-9-4-3-8(6-12)10(5-9)15(17)18/h3-5,7,14H,1-2H3,(H,13,16). The highest BCUT2D eigenvalue weighted by Crippen LogP contribution is 2.22. The lowest BCUT2D eigenvalue weighted by Gasteiger charge is -2.13. The Hall–Kier alpha value is -2.62. The summed E-state index contributed by atoms with van der Waals surface area (Å²) in [6.45, 7) is 1.63. The largest absolute Gasteiger partial charge is 0.374 e. The van der Waals surface area contributed by atoms with E-state index in [2.05, 4.69) is 10.6 Å². The highest BCUT2D eigenvalue weighted by molar-refractivity contribution is 5.84. The van der Waals surface area contributed by atoms with Gasteiger partial charge in [-0.1, -0.05) is 0 Å². The topological polar surface area (TPSA) is 108 Å². The number of nitriles is 1. The molecule has 0 aromatic heterocycles. The predicted molar refractivity (Wildman–Crippen MR) is 65.0 cm³/mol. The number of nitrogens with one attached hydrogen (secondary N) is 2. The molecule has 0 radical (unpaired) electrons. The molecular formula is C11H12N4O3. The monoisotopic (exact) mass is 248 g/mol. The van der Waals surface area contributed by atoms with Crippen LogP contribution in [0.3, 0.4) is 0 Å². The molecule has 7 heteroatoms. The van der Waals surface area contributed by atoms with Gasteiger partial charge in [-0.2, -0.15) is 5.26 Å². The van der Waals surface area contributed by atoms with Gasteiger partial charge in [-0.25, -0.2) is 0 Å². The average molecular weight is 248 g/mol. The maximum absolute atomic E-state index is 11.3. The lowest BCUT2D eigenvalue weighted by atomic mass is 10.1. The highest BCUT2D eigenvalue weighted by Gasteiger charge is 2.16. The molecule has 18 heavy (non-hydrogen) atoms. The Morgan fingerprint density at radius 2 is 2.22 bits per heavy atom. The third kappa shape index (κ3) is 2.95. The maximum Gasteiger partial charge on any atom is 0.289 e. The molecule has 1 aromatic rings. The van der Waals surface area contributed by atoms with Gasteiger partial charge in [-0.15, -0.1) is 0 Å². The van der Waals surface area contributed by atoms with E-state index in [4.69, 9.17) is 5.26 Å². The van der Waals surface area contributed by atoms with Crippen LogP contribution in [0.4, 0.5) is 11.4 Å². The van der Waals surface area contributed by atoms with Crippen molar-refractivity contribution in [1.29, 1.82) is 5.26 Å². The lowest BCUT2D eigenvalue weighted by molar-refractivity contribution is -0.385. The van der Waals surface area contributed by atoms with Gasteiger partial charge in [0.15, 0.2) is 0 Å². The van der Waals surface area contributed by atoms with Gasteiger partial charge in [0.2, 0.25) is 5.91 Å². The van der Waals surface area contributed by atoms with Crippen molar-refractivity contribution in [2.45, 2.75) is 13.0 Å². The first kappa shape index (κ1) is 13.4. The van der Waals surface area contributed by atoms with E-state index in [0.717, 1.165) is 0 Å². The van der Waals surface area contributed by atoms with Gasteiger partial charge in [0.1, 0.15) is 17.7 Å². The number of benzene rings is 1. The molecule has 1 unspecified atom stereocenters. The normalized spacial score (nSPS) is 11.2. The van der Waals surface area contributed by atoms with E-state index in [9.17, 15) is 14.9 Å². The van der Waals surface area contributed by atoms with Crippen LogP contribution in [0.1, 0.15) is 12.5 Å². The van der Waals surface area contributed by atoms with Crippen molar-refractivity contribution >= 4 is 17.3 Å². The lowest BCUT2D eigenvalue weighted by Crippen LogP contribution is -2.35. The zero-order valence-corrected chi connectivity index (χ0v) is 9.93. The van der Waals surface area contributed by atoms with E-state index in [1.54, 1.807) is 13.0 Å². The molecule has 0 saturated heterocycles. The third-order valence-corrected chi connectivity index (χ3v) is 2.34. The summed E-state index contributed by atoms with van der Waals surface area (Å²) >= 11 is 0. The van der Waals surface area contributed by atoms with Crippen molar-refractivity contribution in [3.8, 4) is 6.07 Å². The minimum absolute atomic E-state index is 0.0156. The van der Waals surface area contributed by atoms with Crippen molar-refractivity contribution in [3.05, 3.63) is 33.9 Å². The number of carbonyl (C=O) groups excluding carboxylic acids is 1. The molecule has 0 heterocycles. The molecule has 1 atom stereocenters.